The van der Waals surface area contributed by atoms with Gasteiger partial charge < -0.3 is 5.11 Å². The predicted molar refractivity (Wildman–Crippen MR) is 44.3 cm³/mol. The highest BCUT2D eigenvalue weighted by atomic mass is 32.2. The standard InChI is InChI=1S/C7H6N2O2S/c10-7(11)12-2-1-5-3-8-4-9-6(5)12/h3-4H,1-2H2/p+1. The fourth-order valence-electron chi connectivity index (χ4n) is 1.22. The zero-order valence-electron chi connectivity index (χ0n) is 6.23. The first kappa shape index (κ1) is 7.54. The van der Waals surface area contributed by atoms with Crippen LogP contribution in [0, 0.1) is 0 Å². The topological polar surface area (TPSA) is 63.1 Å². The molecular formula is C7H7N2O2S+. The third-order valence-corrected chi connectivity index (χ3v) is 3.63. The van der Waals surface area contributed by atoms with E-state index in [9.17, 15) is 4.79 Å². The Hall–Kier alpha value is -1.10. The Labute approximate surface area is 72.0 Å². The van der Waals surface area contributed by atoms with Gasteiger partial charge in [-0.05, 0) is 0 Å². The molecule has 12 heavy (non-hydrogen) atoms. The molecule has 4 nitrogen and oxygen atoms in total. The number of hydrogen-bond donors (Lipinski definition) is 1. The Morgan fingerprint density at radius 3 is 3.25 bits per heavy atom. The molecule has 0 bridgehead atoms. The zero-order chi connectivity index (χ0) is 8.55. The van der Waals surface area contributed by atoms with Crippen LogP contribution in [0.25, 0.3) is 0 Å². The molecule has 0 aromatic carbocycles. The van der Waals surface area contributed by atoms with Crippen molar-refractivity contribution < 1.29 is 9.90 Å². The molecule has 0 saturated heterocycles. The number of carboxylic acid groups (broad SMARTS) is 1. The van der Waals surface area contributed by atoms with Crippen LogP contribution in [0.5, 0.6) is 0 Å². The van der Waals surface area contributed by atoms with Gasteiger partial charge in [0.2, 0.25) is 0 Å². The summed E-state index contributed by atoms with van der Waals surface area (Å²) in [6.07, 6.45) is 3.91. The van der Waals surface area contributed by atoms with Crippen LogP contribution in [0.3, 0.4) is 0 Å². The molecule has 1 aliphatic heterocycles. The van der Waals surface area contributed by atoms with E-state index in [4.69, 9.17) is 5.11 Å². The molecule has 62 valence electrons. The van der Waals surface area contributed by atoms with E-state index in [2.05, 4.69) is 9.97 Å². The van der Waals surface area contributed by atoms with Crippen molar-refractivity contribution in [2.75, 3.05) is 5.75 Å². The van der Waals surface area contributed by atoms with Crippen molar-refractivity contribution in [3.63, 3.8) is 0 Å². The lowest BCUT2D eigenvalue weighted by atomic mass is 10.3. The van der Waals surface area contributed by atoms with Crippen molar-refractivity contribution >= 4 is 16.2 Å². The molecule has 0 fully saturated rings. The molecule has 0 amide bonds. The third kappa shape index (κ3) is 1.06. The smallest absolute Gasteiger partial charge is 0.441 e. The summed E-state index contributed by atoms with van der Waals surface area (Å²) < 4.78 is 0. The van der Waals surface area contributed by atoms with Gasteiger partial charge in [0.25, 0.3) is 5.03 Å². The van der Waals surface area contributed by atoms with Gasteiger partial charge in [-0.15, -0.1) is 0 Å². The second-order valence-corrected chi connectivity index (χ2v) is 4.39. The molecule has 2 heterocycles. The van der Waals surface area contributed by atoms with Crippen LogP contribution < -0.4 is 0 Å². The van der Waals surface area contributed by atoms with Crippen LogP contribution in [0.1, 0.15) is 5.56 Å². The minimum absolute atomic E-state index is 0.684. The number of aromatic nitrogens is 2. The fraction of sp³-hybridized carbons (Fsp3) is 0.286. The lowest BCUT2D eigenvalue weighted by Crippen LogP contribution is -2.13. The molecule has 0 radical (unpaired) electrons. The molecule has 0 aliphatic carbocycles. The Kier molecular flexibility index (Phi) is 1.73. The van der Waals surface area contributed by atoms with E-state index in [1.807, 2.05) is 0 Å². The molecular weight excluding hydrogens is 176 g/mol. The fourth-order valence-corrected chi connectivity index (χ4v) is 2.82. The van der Waals surface area contributed by atoms with E-state index in [1.54, 1.807) is 6.20 Å². The van der Waals surface area contributed by atoms with Gasteiger partial charge in [0, 0.05) is 12.6 Å². The van der Waals surface area contributed by atoms with Crippen molar-refractivity contribution in [1.29, 1.82) is 0 Å². The van der Waals surface area contributed by atoms with E-state index < -0.39 is 16.2 Å². The van der Waals surface area contributed by atoms with Gasteiger partial charge in [-0.25, -0.2) is 4.98 Å². The predicted octanol–water partition coefficient (Wildman–Crippen LogP) is 0.688. The van der Waals surface area contributed by atoms with Gasteiger partial charge in [-0.1, -0.05) is 0 Å². The van der Waals surface area contributed by atoms with Crippen molar-refractivity contribution in [2.45, 2.75) is 11.4 Å². The molecule has 0 saturated carbocycles. The second kappa shape index (κ2) is 2.75. The molecule has 1 aromatic rings. The molecule has 1 atom stereocenters. The van der Waals surface area contributed by atoms with Crippen molar-refractivity contribution in [3.8, 4) is 0 Å². The first-order valence-electron chi connectivity index (χ1n) is 3.52. The van der Waals surface area contributed by atoms with Gasteiger partial charge in [-0.2, -0.15) is 9.78 Å². The monoisotopic (exact) mass is 183 g/mol. The quantitative estimate of drug-likeness (QED) is 0.474. The highest BCUT2D eigenvalue weighted by Gasteiger charge is 2.41. The highest BCUT2D eigenvalue weighted by Crippen LogP contribution is 2.24. The number of aryl methyl sites for hydroxylation is 1. The first-order valence-corrected chi connectivity index (χ1v) is 4.91. The third-order valence-electron chi connectivity index (χ3n) is 1.77. The van der Waals surface area contributed by atoms with Crippen LogP contribution in [-0.4, -0.2) is 26.1 Å². The minimum Gasteiger partial charge on any atom is -0.441 e. The van der Waals surface area contributed by atoms with E-state index in [0.29, 0.717) is 5.75 Å². The molecule has 2 rings (SSSR count). The van der Waals surface area contributed by atoms with Crippen LogP contribution in [0.15, 0.2) is 17.6 Å². The van der Waals surface area contributed by atoms with Gasteiger partial charge >= 0.3 is 5.30 Å². The Balaban J connectivity index is 2.42. The summed E-state index contributed by atoms with van der Waals surface area (Å²) in [6, 6.07) is 0. The van der Waals surface area contributed by atoms with Crippen LogP contribution in [0.4, 0.5) is 4.79 Å². The lowest BCUT2D eigenvalue weighted by molar-refractivity contribution is 0.221. The normalized spacial score (nSPS) is 20.5. The average Bonchev–Trinajstić information content (AvgIpc) is 2.47. The van der Waals surface area contributed by atoms with Crippen molar-refractivity contribution in [1.82, 2.24) is 9.97 Å². The van der Waals surface area contributed by atoms with Gasteiger partial charge in [0.1, 0.15) is 12.1 Å². The summed E-state index contributed by atoms with van der Waals surface area (Å²) >= 11 is 0. The Morgan fingerprint density at radius 2 is 2.50 bits per heavy atom. The van der Waals surface area contributed by atoms with E-state index >= 15 is 0 Å². The maximum absolute atomic E-state index is 10.7. The van der Waals surface area contributed by atoms with Crippen LogP contribution in [-0.2, 0) is 17.3 Å². The van der Waals surface area contributed by atoms with Gasteiger partial charge in [0.05, 0.1) is 5.56 Å². The number of carbonyl (C=O) groups is 1. The number of hydrogen-bond acceptors (Lipinski definition) is 3. The van der Waals surface area contributed by atoms with Gasteiger partial charge in [-0.3, -0.25) is 0 Å². The van der Waals surface area contributed by atoms with Crippen LogP contribution >= 0.6 is 0 Å². The average molecular weight is 183 g/mol. The van der Waals surface area contributed by atoms with E-state index in [-0.39, 0.29) is 0 Å². The van der Waals surface area contributed by atoms with E-state index in [0.717, 1.165) is 17.0 Å². The lowest BCUT2D eigenvalue weighted by Gasteiger charge is -1.91. The summed E-state index contributed by atoms with van der Waals surface area (Å²) in [5.41, 5.74) is 0.989. The van der Waals surface area contributed by atoms with Crippen molar-refractivity contribution in [2.24, 2.45) is 0 Å². The summed E-state index contributed by atoms with van der Waals surface area (Å²) in [5.74, 6) is 0.684. The maximum Gasteiger partial charge on any atom is 0.530 e. The summed E-state index contributed by atoms with van der Waals surface area (Å²) in [4.78, 5) is 18.5. The second-order valence-electron chi connectivity index (χ2n) is 2.46. The summed E-state index contributed by atoms with van der Waals surface area (Å²) in [6.45, 7) is 0. The Morgan fingerprint density at radius 1 is 1.67 bits per heavy atom. The molecule has 1 unspecified atom stereocenters. The van der Waals surface area contributed by atoms with Crippen LogP contribution in [0.2, 0.25) is 0 Å². The molecule has 1 aliphatic rings. The molecule has 1 N–H and O–H groups in total. The molecule has 5 heteroatoms. The van der Waals surface area contributed by atoms with Crippen molar-refractivity contribution in [3.05, 3.63) is 18.1 Å². The number of rotatable bonds is 0. The first-order chi connectivity index (χ1) is 5.79. The number of nitrogens with zero attached hydrogens (tertiary/aromatic N) is 2. The molecule has 1 aromatic heterocycles. The zero-order valence-corrected chi connectivity index (χ0v) is 7.04. The Bertz CT molecular complexity index is 329. The highest BCUT2D eigenvalue weighted by molar-refractivity contribution is 8.10. The SMILES string of the molecule is O=C(O)[S+]1CCc2cncnc21. The number of fused-ring (bicyclic) bond motifs is 1. The maximum atomic E-state index is 10.7. The summed E-state index contributed by atoms with van der Waals surface area (Å²) in [7, 11) is -0.688. The summed E-state index contributed by atoms with van der Waals surface area (Å²) in [5, 5.41) is 8.77. The largest absolute Gasteiger partial charge is 0.530 e. The van der Waals surface area contributed by atoms with Gasteiger partial charge in [0.15, 0.2) is 10.9 Å². The van der Waals surface area contributed by atoms with E-state index in [1.165, 1.54) is 6.33 Å². The molecule has 0 spiro atoms. The minimum atomic E-state index is -0.757.